The molecule has 0 bridgehead atoms. The van der Waals surface area contributed by atoms with Crippen LogP contribution in [-0.4, -0.2) is 27.4 Å². The normalized spacial score (nSPS) is 17.2. The SMILES string of the molecule is COc1cc(/C=C/C2=NOC(C)(c3ccc(F)cc3)N2Cc2ccc(F)cc2)ccc1-n1cnc(C)c1. The number of hydrogen-bond acceptors (Lipinski definition) is 5. The Balaban J connectivity index is 1.45. The number of hydrogen-bond donors (Lipinski definition) is 0. The molecule has 1 atom stereocenters. The van der Waals surface area contributed by atoms with E-state index in [-0.39, 0.29) is 11.6 Å². The van der Waals surface area contributed by atoms with Crippen LogP contribution in [0.2, 0.25) is 0 Å². The number of oxime groups is 1. The molecule has 6 nitrogen and oxygen atoms in total. The number of amidine groups is 1. The van der Waals surface area contributed by atoms with Crippen LogP contribution in [0.15, 0.2) is 90.5 Å². The highest BCUT2D eigenvalue weighted by atomic mass is 19.1. The van der Waals surface area contributed by atoms with Gasteiger partial charge in [-0.15, -0.1) is 0 Å². The van der Waals surface area contributed by atoms with Crippen LogP contribution in [0, 0.1) is 18.6 Å². The van der Waals surface area contributed by atoms with E-state index < -0.39 is 5.72 Å². The average Bonchev–Trinajstić information content (AvgIpc) is 3.48. The molecule has 3 aromatic carbocycles. The summed E-state index contributed by atoms with van der Waals surface area (Å²) in [4.78, 5) is 12.2. The molecule has 2 heterocycles. The average molecular weight is 501 g/mol. The third-order valence-electron chi connectivity index (χ3n) is 6.36. The Morgan fingerprint density at radius 1 is 0.973 bits per heavy atom. The lowest BCUT2D eigenvalue weighted by Gasteiger charge is -2.34. The Kier molecular flexibility index (Phi) is 6.48. The first kappa shape index (κ1) is 24.2. The zero-order valence-corrected chi connectivity index (χ0v) is 20.7. The molecule has 1 aliphatic rings. The fourth-order valence-corrected chi connectivity index (χ4v) is 4.28. The quantitative estimate of drug-likeness (QED) is 0.303. The third kappa shape index (κ3) is 4.95. The van der Waals surface area contributed by atoms with Crippen LogP contribution in [0.3, 0.4) is 0 Å². The lowest BCUT2D eigenvalue weighted by atomic mass is 10.0. The topological polar surface area (TPSA) is 51.9 Å². The van der Waals surface area contributed by atoms with Gasteiger partial charge in [-0.3, -0.25) is 0 Å². The van der Waals surface area contributed by atoms with Crippen LogP contribution in [0.5, 0.6) is 5.75 Å². The van der Waals surface area contributed by atoms with E-state index in [1.807, 2.05) is 59.9 Å². The summed E-state index contributed by atoms with van der Waals surface area (Å²) < 4.78 is 34.7. The van der Waals surface area contributed by atoms with E-state index in [0.717, 1.165) is 28.1 Å². The van der Waals surface area contributed by atoms with Gasteiger partial charge in [0.2, 0.25) is 5.72 Å². The Hall–Kier alpha value is -4.46. The molecule has 0 radical (unpaired) electrons. The number of rotatable bonds is 7. The van der Waals surface area contributed by atoms with E-state index in [0.29, 0.717) is 18.1 Å². The molecule has 0 fully saturated rings. The van der Waals surface area contributed by atoms with Gasteiger partial charge in [-0.05, 0) is 60.5 Å². The van der Waals surface area contributed by atoms with E-state index in [2.05, 4.69) is 10.1 Å². The van der Waals surface area contributed by atoms with Crippen molar-refractivity contribution in [3.8, 4) is 11.4 Å². The number of aromatic nitrogens is 2. The summed E-state index contributed by atoms with van der Waals surface area (Å²) in [7, 11) is 1.63. The first-order valence-corrected chi connectivity index (χ1v) is 11.8. The molecule has 37 heavy (non-hydrogen) atoms. The molecule has 1 aliphatic heterocycles. The van der Waals surface area contributed by atoms with Crippen molar-refractivity contribution >= 4 is 11.9 Å². The van der Waals surface area contributed by atoms with Gasteiger partial charge >= 0.3 is 0 Å². The van der Waals surface area contributed by atoms with E-state index >= 15 is 0 Å². The molecule has 1 unspecified atom stereocenters. The summed E-state index contributed by atoms with van der Waals surface area (Å²) in [5.41, 5.74) is 3.33. The number of nitrogens with zero attached hydrogens (tertiary/aromatic N) is 4. The fourth-order valence-electron chi connectivity index (χ4n) is 4.28. The number of ether oxygens (including phenoxy) is 1. The van der Waals surface area contributed by atoms with Crippen molar-refractivity contribution < 1.29 is 18.4 Å². The predicted molar refractivity (Wildman–Crippen MR) is 138 cm³/mol. The molecule has 0 aliphatic carbocycles. The van der Waals surface area contributed by atoms with Gasteiger partial charge < -0.3 is 19.0 Å². The molecule has 1 aromatic heterocycles. The lowest BCUT2D eigenvalue weighted by Crippen LogP contribution is -2.43. The molecule has 188 valence electrons. The Morgan fingerprint density at radius 3 is 2.32 bits per heavy atom. The minimum Gasteiger partial charge on any atom is -0.495 e. The number of imidazole rings is 1. The van der Waals surface area contributed by atoms with Gasteiger partial charge in [0.1, 0.15) is 17.4 Å². The highest BCUT2D eigenvalue weighted by Gasteiger charge is 2.42. The van der Waals surface area contributed by atoms with Crippen LogP contribution < -0.4 is 4.74 Å². The number of aryl methyl sites for hydroxylation is 1. The second kappa shape index (κ2) is 9.89. The second-order valence-electron chi connectivity index (χ2n) is 8.93. The molecule has 0 saturated carbocycles. The van der Waals surface area contributed by atoms with E-state index in [9.17, 15) is 8.78 Å². The Labute approximate surface area is 214 Å². The predicted octanol–water partition coefficient (Wildman–Crippen LogP) is 6.20. The van der Waals surface area contributed by atoms with Crippen molar-refractivity contribution in [1.82, 2.24) is 14.5 Å². The monoisotopic (exact) mass is 500 g/mol. The molecular formula is C29H26F2N4O2. The van der Waals surface area contributed by atoms with Crippen LogP contribution in [0.25, 0.3) is 11.8 Å². The third-order valence-corrected chi connectivity index (χ3v) is 6.36. The lowest BCUT2D eigenvalue weighted by molar-refractivity contribution is -0.0935. The summed E-state index contributed by atoms with van der Waals surface area (Å²) in [6.07, 6.45) is 7.45. The standard InChI is InChI=1S/C29H26F2N4O2/c1-20-17-34(19-32-20)26-14-6-21(16-27(26)36-3)7-15-28-33-37-29(2,23-8-12-25(31)13-9-23)35(28)18-22-4-10-24(30)11-5-22/h4-17,19H,18H2,1-3H3/b15-7+. The maximum atomic E-state index is 13.6. The number of halogens is 2. The highest BCUT2D eigenvalue weighted by Crippen LogP contribution is 2.37. The van der Waals surface area contributed by atoms with Crippen LogP contribution in [0.4, 0.5) is 8.78 Å². The van der Waals surface area contributed by atoms with E-state index in [1.165, 1.54) is 24.3 Å². The summed E-state index contributed by atoms with van der Waals surface area (Å²) in [5, 5.41) is 4.35. The molecule has 0 spiro atoms. The summed E-state index contributed by atoms with van der Waals surface area (Å²) in [5.74, 6) is 0.632. The van der Waals surface area contributed by atoms with E-state index in [4.69, 9.17) is 9.57 Å². The highest BCUT2D eigenvalue weighted by molar-refractivity contribution is 5.97. The van der Waals surface area contributed by atoms with Gasteiger partial charge in [-0.1, -0.05) is 41.6 Å². The largest absolute Gasteiger partial charge is 0.495 e. The minimum atomic E-state index is -0.984. The van der Waals surface area contributed by atoms with Crippen molar-refractivity contribution in [2.24, 2.45) is 5.16 Å². The maximum Gasteiger partial charge on any atom is 0.234 e. The second-order valence-corrected chi connectivity index (χ2v) is 8.93. The zero-order chi connectivity index (χ0) is 26.0. The smallest absolute Gasteiger partial charge is 0.234 e. The van der Waals surface area contributed by atoms with Gasteiger partial charge in [-0.2, -0.15) is 0 Å². The maximum absolute atomic E-state index is 13.6. The van der Waals surface area contributed by atoms with Gasteiger partial charge in [0, 0.05) is 25.2 Å². The first-order chi connectivity index (χ1) is 17.9. The number of benzene rings is 3. The summed E-state index contributed by atoms with van der Waals surface area (Å²) in [6, 6.07) is 18.3. The summed E-state index contributed by atoms with van der Waals surface area (Å²) >= 11 is 0. The van der Waals surface area contributed by atoms with Gasteiger partial charge in [0.15, 0.2) is 5.84 Å². The molecule has 5 rings (SSSR count). The molecule has 4 aromatic rings. The molecule has 8 heteroatoms. The van der Waals surface area contributed by atoms with E-state index in [1.54, 1.807) is 37.7 Å². The molecule has 0 saturated heterocycles. The Bertz CT molecular complexity index is 1460. The molecular weight excluding hydrogens is 474 g/mol. The first-order valence-electron chi connectivity index (χ1n) is 11.8. The van der Waals surface area contributed by atoms with Crippen LogP contribution >= 0.6 is 0 Å². The summed E-state index contributed by atoms with van der Waals surface area (Å²) in [6.45, 7) is 4.21. The fraction of sp³-hybridized carbons (Fsp3) is 0.172. The van der Waals surface area contributed by atoms with Crippen molar-refractivity contribution in [2.75, 3.05) is 7.11 Å². The number of methoxy groups -OCH3 is 1. The molecule has 0 amide bonds. The van der Waals surface area contributed by atoms with Crippen molar-refractivity contribution in [2.45, 2.75) is 26.1 Å². The van der Waals surface area contributed by atoms with Crippen molar-refractivity contribution in [3.05, 3.63) is 119 Å². The minimum absolute atomic E-state index is 0.306. The molecule has 0 N–H and O–H groups in total. The Morgan fingerprint density at radius 2 is 1.68 bits per heavy atom. The van der Waals surface area contributed by atoms with Crippen LogP contribution in [0.1, 0.15) is 29.3 Å². The van der Waals surface area contributed by atoms with Crippen LogP contribution in [-0.2, 0) is 17.1 Å². The zero-order valence-electron chi connectivity index (χ0n) is 20.7. The van der Waals surface area contributed by atoms with Gasteiger partial charge in [0.25, 0.3) is 0 Å². The van der Waals surface area contributed by atoms with Crippen molar-refractivity contribution in [1.29, 1.82) is 0 Å². The van der Waals surface area contributed by atoms with Gasteiger partial charge in [0.05, 0.1) is 24.8 Å². The van der Waals surface area contributed by atoms with Crippen molar-refractivity contribution in [3.63, 3.8) is 0 Å². The van der Waals surface area contributed by atoms with Gasteiger partial charge in [-0.25, -0.2) is 13.8 Å².